The quantitative estimate of drug-likeness (QED) is 0.847. The Hall–Kier alpha value is -2.82. The summed E-state index contributed by atoms with van der Waals surface area (Å²) in [7, 11) is 0. The molecule has 1 saturated carbocycles. The molecule has 1 saturated heterocycles. The number of urea groups is 1. The number of amides is 2. The van der Waals surface area contributed by atoms with Crippen molar-refractivity contribution in [1.29, 1.82) is 5.26 Å². The zero-order chi connectivity index (χ0) is 18.5. The number of carboxylic acids is 1. The fraction of sp³-hybridized carbons (Fsp3) is 0.556. The second-order valence-corrected chi connectivity index (χ2v) is 6.78. The lowest BCUT2D eigenvalue weighted by molar-refractivity contribution is -0.141. The summed E-state index contributed by atoms with van der Waals surface area (Å²) in [6.45, 7) is 0.758. The van der Waals surface area contributed by atoms with Crippen molar-refractivity contribution in [3.05, 3.63) is 23.9 Å². The summed E-state index contributed by atoms with van der Waals surface area (Å²) in [5.41, 5.74) is 0.421. The lowest BCUT2D eigenvalue weighted by Crippen LogP contribution is -2.46. The maximum atomic E-state index is 12.3. The SMILES string of the molecule is N#Cc1cccnc1OC1CCC(NC(=O)N2CCC(C(=O)O)C2)CC1. The second-order valence-electron chi connectivity index (χ2n) is 6.78. The Bertz CT molecular complexity index is 709. The van der Waals surface area contributed by atoms with E-state index in [-0.39, 0.29) is 24.7 Å². The molecule has 1 aromatic heterocycles. The predicted molar refractivity (Wildman–Crippen MR) is 91.5 cm³/mol. The lowest BCUT2D eigenvalue weighted by Gasteiger charge is -2.30. The molecule has 2 aliphatic rings. The van der Waals surface area contributed by atoms with Crippen molar-refractivity contribution in [2.45, 2.75) is 44.2 Å². The van der Waals surface area contributed by atoms with Gasteiger partial charge in [-0.15, -0.1) is 0 Å². The van der Waals surface area contributed by atoms with Gasteiger partial charge in [-0.2, -0.15) is 5.26 Å². The van der Waals surface area contributed by atoms with Gasteiger partial charge in [0.2, 0.25) is 5.88 Å². The number of ether oxygens (including phenoxy) is 1. The number of aliphatic carboxylic acids is 1. The highest BCUT2D eigenvalue weighted by atomic mass is 16.5. The van der Waals surface area contributed by atoms with Gasteiger partial charge in [-0.1, -0.05) is 0 Å². The Labute approximate surface area is 151 Å². The number of nitriles is 1. The number of aromatic nitrogens is 1. The molecule has 0 spiro atoms. The molecule has 138 valence electrons. The first-order valence-electron chi connectivity index (χ1n) is 8.87. The molecule has 8 heteroatoms. The average Bonchev–Trinajstić information content (AvgIpc) is 3.14. The fourth-order valence-corrected chi connectivity index (χ4v) is 3.46. The Morgan fingerprint density at radius 3 is 2.73 bits per heavy atom. The highest BCUT2D eigenvalue weighted by molar-refractivity contribution is 5.77. The minimum Gasteiger partial charge on any atom is -0.481 e. The standard InChI is InChI=1S/C18H22N4O4/c19-10-12-2-1-8-20-16(12)26-15-5-3-14(4-6-15)21-18(25)22-9-7-13(11-22)17(23)24/h1-2,8,13-15H,3-7,9,11H2,(H,21,25)(H,23,24). The zero-order valence-corrected chi connectivity index (χ0v) is 14.4. The van der Waals surface area contributed by atoms with Crippen LogP contribution in [0, 0.1) is 17.2 Å². The normalized spacial score (nSPS) is 25.3. The molecule has 2 heterocycles. The van der Waals surface area contributed by atoms with E-state index in [1.165, 1.54) is 0 Å². The third-order valence-electron chi connectivity index (χ3n) is 5.00. The number of likely N-dealkylation sites (tertiary alicyclic amines) is 1. The molecule has 0 bridgehead atoms. The Morgan fingerprint density at radius 1 is 1.31 bits per heavy atom. The van der Waals surface area contributed by atoms with Crippen molar-refractivity contribution < 1.29 is 19.4 Å². The van der Waals surface area contributed by atoms with Crippen molar-refractivity contribution in [3.8, 4) is 11.9 Å². The highest BCUT2D eigenvalue weighted by Crippen LogP contribution is 2.25. The van der Waals surface area contributed by atoms with Gasteiger partial charge in [0.15, 0.2) is 0 Å². The van der Waals surface area contributed by atoms with Gasteiger partial charge >= 0.3 is 12.0 Å². The predicted octanol–water partition coefficient (Wildman–Crippen LogP) is 1.76. The molecule has 0 aromatic carbocycles. The smallest absolute Gasteiger partial charge is 0.317 e. The third-order valence-corrected chi connectivity index (χ3v) is 5.00. The number of nitrogens with zero attached hydrogens (tertiary/aromatic N) is 3. The number of nitrogens with one attached hydrogen (secondary N) is 1. The third kappa shape index (κ3) is 4.23. The summed E-state index contributed by atoms with van der Waals surface area (Å²) in [6, 6.07) is 5.32. The maximum absolute atomic E-state index is 12.3. The number of carbonyl (C=O) groups excluding carboxylic acids is 1. The van der Waals surface area contributed by atoms with Gasteiger partial charge in [0.05, 0.1) is 5.92 Å². The fourth-order valence-electron chi connectivity index (χ4n) is 3.46. The monoisotopic (exact) mass is 358 g/mol. The van der Waals surface area contributed by atoms with E-state index in [2.05, 4.69) is 16.4 Å². The van der Waals surface area contributed by atoms with Crippen LogP contribution in [0.3, 0.4) is 0 Å². The van der Waals surface area contributed by atoms with E-state index in [0.29, 0.717) is 24.4 Å². The number of pyridine rings is 1. The molecule has 3 rings (SSSR count). The van der Waals surface area contributed by atoms with Crippen LogP contribution in [0.15, 0.2) is 18.3 Å². The molecule has 1 aliphatic heterocycles. The minimum atomic E-state index is -0.843. The second kappa shape index (κ2) is 8.04. The number of carbonyl (C=O) groups is 2. The van der Waals surface area contributed by atoms with Gasteiger partial charge < -0.3 is 20.1 Å². The van der Waals surface area contributed by atoms with Crippen LogP contribution in [-0.4, -0.2) is 52.2 Å². The summed E-state index contributed by atoms with van der Waals surface area (Å²) in [4.78, 5) is 29.0. The van der Waals surface area contributed by atoms with Crippen LogP contribution in [0.2, 0.25) is 0 Å². The van der Waals surface area contributed by atoms with Gasteiger partial charge in [0.25, 0.3) is 0 Å². The van der Waals surface area contributed by atoms with Crippen LogP contribution in [-0.2, 0) is 4.79 Å². The maximum Gasteiger partial charge on any atom is 0.317 e. The molecule has 8 nitrogen and oxygen atoms in total. The summed E-state index contributed by atoms with van der Waals surface area (Å²) >= 11 is 0. The van der Waals surface area contributed by atoms with E-state index >= 15 is 0 Å². The van der Waals surface area contributed by atoms with E-state index in [0.717, 1.165) is 25.7 Å². The van der Waals surface area contributed by atoms with Crippen LogP contribution in [0.1, 0.15) is 37.7 Å². The van der Waals surface area contributed by atoms with Crippen molar-refractivity contribution >= 4 is 12.0 Å². The van der Waals surface area contributed by atoms with Crippen molar-refractivity contribution in [2.75, 3.05) is 13.1 Å². The topological polar surface area (TPSA) is 116 Å². The molecule has 2 amide bonds. The number of hydrogen-bond acceptors (Lipinski definition) is 5. The summed E-state index contributed by atoms with van der Waals surface area (Å²) in [5.74, 6) is -0.943. The van der Waals surface area contributed by atoms with E-state index in [4.69, 9.17) is 15.1 Å². The molecule has 26 heavy (non-hydrogen) atoms. The number of rotatable bonds is 4. The van der Waals surface area contributed by atoms with Gasteiger partial charge in [0, 0.05) is 25.3 Å². The Kier molecular flexibility index (Phi) is 5.56. The van der Waals surface area contributed by atoms with Crippen LogP contribution in [0.25, 0.3) is 0 Å². The van der Waals surface area contributed by atoms with Crippen LogP contribution >= 0.6 is 0 Å². The van der Waals surface area contributed by atoms with Crippen molar-refractivity contribution in [1.82, 2.24) is 15.2 Å². The minimum absolute atomic E-state index is 0.0201. The molecule has 2 fully saturated rings. The Morgan fingerprint density at radius 2 is 2.08 bits per heavy atom. The molecule has 1 aromatic rings. The molecule has 1 aliphatic carbocycles. The van der Waals surface area contributed by atoms with Gasteiger partial charge in [-0.3, -0.25) is 4.79 Å². The summed E-state index contributed by atoms with van der Waals surface area (Å²) in [5, 5.41) is 21.1. The van der Waals surface area contributed by atoms with Crippen molar-refractivity contribution in [2.24, 2.45) is 5.92 Å². The molecular weight excluding hydrogens is 336 g/mol. The molecule has 1 unspecified atom stereocenters. The van der Waals surface area contributed by atoms with E-state index in [9.17, 15) is 9.59 Å². The van der Waals surface area contributed by atoms with Gasteiger partial charge in [-0.25, -0.2) is 9.78 Å². The van der Waals surface area contributed by atoms with E-state index in [1.54, 1.807) is 23.2 Å². The Balaban J connectivity index is 1.45. The first-order valence-corrected chi connectivity index (χ1v) is 8.87. The summed E-state index contributed by atoms with van der Waals surface area (Å²) < 4.78 is 5.85. The zero-order valence-electron chi connectivity index (χ0n) is 14.4. The molecule has 0 radical (unpaired) electrons. The number of carboxylic acid groups (broad SMARTS) is 1. The van der Waals surface area contributed by atoms with E-state index < -0.39 is 11.9 Å². The summed E-state index contributed by atoms with van der Waals surface area (Å²) in [6.07, 6.45) is 5.18. The number of hydrogen-bond donors (Lipinski definition) is 2. The van der Waals surface area contributed by atoms with Crippen molar-refractivity contribution in [3.63, 3.8) is 0 Å². The first kappa shape index (κ1) is 18.0. The molecular formula is C18H22N4O4. The van der Waals surface area contributed by atoms with Gasteiger partial charge in [-0.05, 0) is 44.2 Å². The lowest BCUT2D eigenvalue weighted by atomic mass is 9.93. The highest BCUT2D eigenvalue weighted by Gasteiger charge is 2.32. The largest absolute Gasteiger partial charge is 0.481 e. The first-order chi connectivity index (χ1) is 12.6. The van der Waals surface area contributed by atoms with Gasteiger partial charge in [0.1, 0.15) is 17.7 Å². The molecule has 2 N–H and O–H groups in total. The average molecular weight is 358 g/mol. The van der Waals surface area contributed by atoms with Crippen LogP contribution in [0.5, 0.6) is 5.88 Å². The van der Waals surface area contributed by atoms with Crippen LogP contribution in [0.4, 0.5) is 4.79 Å². The van der Waals surface area contributed by atoms with Crippen LogP contribution < -0.4 is 10.1 Å². The molecule has 1 atom stereocenters. The van der Waals surface area contributed by atoms with E-state index in [1.807, 2.05) is 0 Å².